The van der Waals surface area contributed by atoms with Gasteiger partial charge in [0, 0.05) is 23.8 Å². The molecule has 1 N–H and O–H groups in total. The van der Waals surface area contributed by atoms with Crippen LogP contribution in [0.4, 0.5) is 0 Å². The first-order valence-corrected chi connectivity index (χ1v) is 6.40. The van der Waals surface area contributed by atoms with E-state index in [0.717, 1.165) is 23.3 Å². The highest BCUT2D eigenvalue weighted by atomic mass is 79.9. The van der Waals surface area contributed by atoms with Crippen molar-refractivity contribution in [1.82, 2.24) is 10.3 Å². The van der Waals surface area contributed by atoms with Crippen molar-refractivity contribution in [1.29, 1.82) is 0 Å². The van der Waals surface area contributed by atoms with E-state index in [4.69, 9.17) is 0 Å². The minimum Gasteiger partial charge on any atom is -0.307 e. The van der Waals surface area contributed by atoms with Crippen LogP contribution in [0.1, 0.15) is 16.8 Å². The van der Waals surface area contributed by atoms with Crippen molar-refractivity contribution in [2.45, 2.75) is 20.0 Å². The molecule has 0 bridgehead atoms. The number of aryl methyl sites for hydroxylation is 1. The van der Waals surface area contributed by atoms with Crippen LogP contribution in [-0.4, -0.2) is 4.98 Å². The number of nitrogens with one attached hydrogen (secondary N) is 1. The number of benzene rings is 1. The third-order valence-corrected chi connectivity index (χ3v) is 3.14. The molecule has 1 aromatic heterocycles. The SMILES string of the molecule is Cc1ccccc1CNCc1ccc(Br)cn1. The van der Waals surface area contributed by atoms with E-state index in [0.29, 0.717) is 0 Å². The van der Waals surface area contributed by atoms with E-state index in [2.05, 4.69) is 57.4 Å². The van der Waals surface area contributed by atoms with Crippen LogP contribution >= 0.6 is 15.9 Å². The molecule has 1 heterocycles. The van der Waals surface area contributed by atoms with Crippen LogP contribution in [0.15, 0.2) is 47.1 Å². The zero-order valence-corrected chi connectivity index (χ0v) is 11.4. The summed E-state index contributed by atoms with van der Waals surface area (Å²) in [6.45, 7) is 3.81. The van der Waals surface area contributed by atoms with Crippen molar-refractivity contribution in [3.63, 3.8) is 0 Å². The van der Waals surface area contributed by atoms with E-state index in [1.54, 1.807) is 0 Å². The van der Waals surface area contributed by atoms with Gasteiger partial charge in [0.2, 0.25) is 0 Å². The van der Waals surface area contributed by atoms with Gasteiger partial charge in [0.1, 0.15) is 0 Å². The average Bonchev–Trinajstić information content (AvgIpc) is 2.34. The maximum atomic E-state index is 4.32. The van der Waals surface area contributed by atoms with Crippen molar-refractivity contribution in [3.05, 3.63) is 63.9 Å². The molecule has 0 saturated carbocycles. The number of aromatic nitrogens is 1. The Morgan fingerprint density at radius 1 is 1.12 bits per heavy atom. The lowest BCUT2D eigenvalue weighted by atomic mass is 10.1. The summed E-state index contributed by atoms with van der Waals surface area (Å²) in [5.74, 6) is 0. The first-order chi connectivity index (χ1) is 8.25. The van der Waals surface area contributed by atoms with Gasteiger partial charge in [-0.1, -0.05) is 24.3 Å². The van der Waals surface area contributed by atoms with Crippen LogP contribution in [-0.2, 0) is 13.1 Å². The lowest BCUT2D eigenvalue weighted by molar-refractivity contribution is 0.677. The fourth-order valence-corrected chi connectivity index (χ4v) is 1.88. The second-order valence-corrected chi connectivity index (χ2v) is 4.91. The Kier molecular flexibility index (Phi) is 4.29. The molecule has 0 saturated heterocycles. The molecule has 0 radical (unpaired) electrons. The lowest BCUT2D eigenvalue weighted by Gasteiger charge is -2.07. The van der Waals surface area contributed by atoms with Gasteiger partial charge >= 0.3 is 0 Å². The largest absolute Gasteiger partial charge is 0.307 e. The molecule has 0 aliphatic rings. The van der Waals surface area contributed by atoms with Crippen LogP contribution in [0.25, 0.3) is 0 Å². The number of rotatable bonds is 4. The van der Waals surface area contributed by atoms with Crippen LogP contribution < -0.4 is 5.32 Å². The summed E-state index contributed by atoms with van der Waals surface area (Å²) >= 11 is 3.38. The summed E-state index contributed by atoms with van der Waals surface area (Å²) in [5.41, 5.74) is 3.72. The van der Waals surface area contributed by atoms with E-state index in [-0.39, 0.29) is 0 Å². The van der Waals surface area contributed by atoms with Gasteiger partial charge in [-0.15, -0.1) is 0 Å². The van der Waals surface area contributed by atoms with Crippen LogP contribution in [0.3, 0.4) is 0 Å². The van der Waals surface area contributed by atoms with Crippen molar-refractivity contribution in [3.8, 4) is 0 Å². The van der Waals surface area contributed by atoms with E-state index >= 15 is 0 Å². The minimum atomic E-state index is 0.793. The van der Waals surface area contributed by atoms with Crippen molar-refractivity contribution >= 4 is 15.9 Å². The fraction of sp³-hybridized carbons (Fsp3) is 0.214. The molecule has 1 aromatic carbocycles. The Hall–Kier alpha value is -1.19. The van der Waals surface area contributed by atoms with Gasteiger partial charge in [0.25, 0.3) is 0 Å². The van der Waals surface area contributed by atoms with E-state index in [1.807, 2.05) is 18.3 Å². The number of pyridine rings is 1. The molecule has 0 aliphatic carbocycles. The van der Waals surface area contributed by atoms with Crippen molar-refractivity contribution in [2.24, 2.45) is 0 Å². The Bertz CT molecular complexity index is 480. The van der Waals surface area contributed by atoms with Gasteiger partial charge < -0.3 is 5.32 Å². The first kappa shape index (κ1) is 12.3. The average molecular weight is 291 g/mol. The van der Waals surface area contributed by atoms with Crippen LogP contribution in [0.2, 0.25) is 0 Å². The first-order valence-electron chi connectivity index (χ1n) is 5.61. The Morgan fingerprint density at radius 3 is 2.65 bits per heavy atom. The molecule has 0 spiro atoms. The number of halogens is 1. The molecule has 17 heavy (non-hydrogen) atoms. The molecule has 2 aromatic rings. The lowest BCUT2D eigenvalue weighted by Crippen LogP contribution is -2.14. The van der Waals surface area contributed by atoms with Gasteiger partial charge in [0.15, 0.2) is 0 Å². The van der Waals surface area contributed by atoms with Gasteiger partial charge in [-0.05, 0) is 46.1 Å². The summed E-state index contributed by atoms with van der Waals surface area (Å²) in [6, 6.07) is 12.5. The molecule has 0 aliphatic heterocycles. The smallest absolute Gasteiger partial charge is 0.0542 e. The highest BCUT2D eigenvalue weighted by molar-refractivity contribution is 9.10. The zero-order chi connectivity index (χ0) is 12.1. The molecule has 2 nitrogen and oxygen atoms in total. The van der Waals surface area contributed by atoms with Gasteiger partial charge in [-0.3, -0.25) is 4.98 Å². The van der Waals surface area contributed by atoms with Gasteiger partial charge in [-0.2, -0.15) is 0 Å². The van der Waals surface area contributed by atoms with Gasteiger partial charge in [-0.25, -0.2) is 0 Å². The van der Waals surface area contributed by atoms with Crippen molar-refractivity contribution in [2.75, 3.05) is 0 Å². The molecule has 2 rings (SSSR count). The Morgan fingerprint density at radius 2 is 1.94 bits per heavy atom. The van der Waals surface area contributed by atoms with Crippen LogP contribution in [0.5, 0.6) is 0 Å². The summed E-state index contributed by atoms with van der Waals surface area (Å²) in [7, 11) is 0. The highest BCUT2D eigenvalue weighted by Crippen LogP contribution is 2.08. The van der Waals surface area contributed by atoms with E-state index in [9.17, 15) is 0 Å². The molecular weight excluding hydrogens is 276 g/mol. The molecular formula is C14H15BrN2. The fourth-order valence-electron chi connectivity index (χ4n) is 1.64. The normalized spacial score (nSPS) is 10.5. The second-order valence-electron chi connectivity index (χ2n) is 4.00. The summed E-state index contributed by atoms with van der Waals surface area (Å²) < 4.78 is 1.01. The van der Waals surface area contributed by atoms with E-state index in [1.165, 1.54) is 11.1 Å². The molecule has 88 valence electrons. The third-order valence-electron chi connectivity index (χ3n) is 2.67. The predicted octanol–water partition coefficient (Wildman–Crippen LogP) is 3.44. The summed E-state index contributed by atoms with van der Waals surface area (Å²) in [4.78, 5) is 4.32. The van der Waals surface area contributed by atoms with E-state index < -0.39 is 0 Å². The Labute approximate surface area is 110 Å². The summed E-state index contributed by atoms with van der Waals surface area (Å²) in [6.07, 6.45) is 1.82. The topological polar surface area (TPSA) is 24.9 Å². The van der Waals surface area contributed by atoms with Gasteiger partial charge in [0.05, 0.1) is 5.69 Å². The minimum absolute atomic E-state index is 0.793. The zero-order valence-electron chi connectivity index (χ0n) is 9.78. The quantitative estimate of drug-likeness (QED) is 0.933. The maximum Gasteiger partial charge on any atom is 0.0542 e. The molecule has 0 fully saturated rings. The predicted molar refractivity (Wildman–Crippen MR) is 73.7 cm³/mol. The number of hydrogen-bond acceptors (Lipinski definition) is 2. The molecule has 0 amide bonds. The summed E-state index contributed by atoms with van der Waals surface area (Å²) in [5, 5.41) is 3.40. The second kappa shape index (κ2) is 5.94. The van der Waals surface area contributed by atoms with Crippen LogP contribution in [0, 0.1) is 6.92 Å². The highest BCUT2D eigenvalue weighted by Gasteiger charge is 1.97. The monoisotopic (exact) mass is 290 g/mol. The third kappa shape index (κ3) is 3.65. The molecule has 0 unspecified atom stereocenters. The Balaban J connectivity index is 1.88. The molecule has 3 heteroatoms. The number of nitrogens with zero attached hydrogens (tertiary/aromatic N) is 1. The maximum absolute atomic E-state index is 4.32. The number of hydrogen-bond donors (Lipinski definition) is 1. The standard InChI is InChI=1S/C14H15BrN2/c1-11-4-2-3-5-12(11)8-16-10-14-7-6-13(15)9-17-14/h2-7,9,16H,8,10H2,1H3. The molecule has 0 atom stereocenters. The van der Waals surface area contributed by atoms with Crippen molar-refractivity contribution < 1.29 is 0 Å².